The van der Waals surface area contributed by atoms with Crippen molar-refractivity contribution in [2.45, 2.75) is 25.8 Å². The standard InChI is InChI=1S/C17H19ClN2O/c1-11-7-8-13(18)10-15(11)16(20-19)14-6-2-4-12-5-3-9-21-17(12)14/h2,4,6-8,10,16,20H,3,5,9,19H2,1H3. The van der Waals surface area contributed by atoms with E-state index in [1.807, 2.05) is 18.2 Å². The number of para-hydroxylation sites is 1. The first-order valence-electron chi connectivity index (χ1n) is 7.17. The summed E-state index contributed by atoms with van der Waals surface area (Å²) in [6.07, 6.45) is 2.11. The molecular weight excluding hydrogens is 284 g/mol. The van der Waals surface area contributed by atoms with Crippen LogP contribution in [0.1, 0.15) is 34.7 Å². The Morgan fingerprint density at radius 2 is 2.10 bits per heavy atom. The van der Waals surface area contributed by atoms with Gasteiger partial charge in [0.2, 0.25) is 0 Å². The molecule has 0 bridgehead atoms. The van der Waals surface area contributed by atoms with E-state index < -0.39 is 0 Å². The molecule has 3 N–H and O–H groups in total. The van der Waals surface area contributed by atoms with Gasteiger partial charge in [0.05, 0.1) is 12.6 Å². The fourth-order valence-electron chi connectivity index (χ4n) is 2.91. The van der Waals surface area contributed by atoms with Gasteiger partial charge in [-0.05, 0) is 48.6 Å². The van der Waals surface area contributed by atoms with Gasteiger partial charge in [0.1, 0.15) is 5.75 Å². The molecule has 3 rings (SSSR count). The summed E-state index contributed by atoms with van der Waals surface area (Å²) in [6.45, 7) is 2.82. The molecule has 0 aliphatic carbocycles. The monoisotopic (exact) mass is 302 g/mol. The number of hydrogen-bond donors (Lipinski definition) is 2. The van der Waals surface area contributed by atoms with E-state index >= 15 is 0 Å². The summed E-state index contributed by atoms with van der Waals surface area (Å²) in [6, 6.07) is 12.0. The number of fused-ring (bicyclic) bond motifs is 1. The van der Waals surface area contributed by atoms with Gasteiger partial charge in [0.25, 0.3) is 0 Å². The van der Waals surface area contributed by atoms with E-state index in [9.17, 15) is 0 Å². The van der Waals surface area contributed by atoms with Crippen molar-refractivity contribution in [2.75, 3.05) is 6.61 Å². The second-order valence-electron chi connectivity index (χ2n) is 5.39. The van der Waals surface area contributed by atoms with Gasteiger partial charge in [-0.25, -0.2) is 5.43 Å². The average molecular weight is 303 g/mol. The van der Waals surface area contributed by atoms with Gasteiger partial charge in [-0.3, -0.25) is 5.84 Å². The third kappa shape index (κ3) is 2.77. The second-order valence-corrected chi connectivity index (χ2v) is 5.82. The van der Waals surface area contributed by atoms with Gasteiger partial charge in [0.15, 0.2) is 0 Å². The molecule has 1 heterocycles. The number of halogens is 1. The van der Waals surface area contributed by atoms with Crippen LogP contribution in [0.3, 0.4) is 0 Å². The highest BCUT2D eigenvalue weighted by molar-refractivity contribution is 6.30. The van der Waals surface area contributed by atoms with Gasteiger partial charge < -0.3 is 4.74 Å². The maximum absolute atomic E-state index is 6.15. The van der Waals surface area contributed by atoms with E-state index in [0.29, 0.717) is 5.02 Å². The van der Waals surface area contributed by atoms with Gasteiger partial charge >= 0.3 is 0 Å². The van der Waals surface area contributed by atoms with E-state index in [-0.39, 0.29) is 6.04 Å². The maximum Gasteiger partial charge on any atom is 0.127 e. The predicted molar refractivity (Wildman–Crippen MR) is 85.6 cm³/mol. The van der Waals surface area contributed by atoms with Crippen LogP contribution in [0.25, 0.3) is 0 Å². The number of ether oxygens (including phenoxy) is 1. The van der Waals surface area contributed by atoms with Gasteiger partial charge in [-0.1, -0.05) is 35.9 Å². The fraction of sp³-hybridized carbons (Fsp3) is 0.294. The number of benzene rings is 2. The zero-order chi connectivity index (χ0) is 14.8. The Hall–Kier alpha value is -1.55. The molecule has 3 nitrogen and oxygen atoms in total. The van der Waals surface area contributed by atoms with Gasteiger partial charge in [-0.15, -0.1) is 0 Å². The van der Waals surface area contributed by atoms with E-state index in [4.69, 9.17) is 22.2 Å². The number of rotatable bonds is 3. The Kier molecular flexibility index (Phi) is 4.15. The molecule has 1 atom stereocenters. The number of hydrazine groups is 1. The van der Waals surface area contributed by atoms with Crippen LogP contribution in [0.15, 0.2) is 36.4 Å². The number of nitrogens with two attached hydrogens (primary N) is 1. The van der Waals surface area contributed by atoms with Crippen LogP contribution in [0, 0.1) is 6.92 Å². The highest BCUT2D eigenvalue weighted by atomic mass is 35.5. The molecule has 21 heavy (non-hydrogen) atoms. The fourth-order valence-corrected chi connectivity index (χ4v) is 3.09. The van der Waals surface area contributed by atoms with Crippen molar-refractivity contribution in [2.24, 2.45) is 5.84 Å². The second kappa shape index (κ2) is 6.06. The van der Waals surface area contributed by atoms with E-state index in [0.717, 1.165) is 41.9 Å². The molecule has 0 amide bonds. The molecule has 2 aromatic rings. The predicted octanol–water partition coefficient (Wildman–Crippen LogP) is 3.53. The van der Waals surface area contributed by atoms with Crippen LogP contribution in [0.5, 0.6) is 5.75 Å². The topological polar surface area (TPSA) is 47.3 Å². The first kappa shape index (κ1) is 14.4. The summed E-state index contributed by atoms with van der Waals surface area (Å²) in [5, 5.41) is 0.710. The smallest absolute Gasteiger partial charge is 0.127 e. The first-order valence-corrected chi connectivity index (χ1v) is 7.55. The van der Waals surface area contributed by atoms with Crippen molar-refractivity contribution in [3.8, 4) is 5.75 Å². The third-order valence-electron chi connectivity index (χ3n) is 3.99. The molecule has 1 aliphatic heterocycles. The normalized spacial score (nSPS) is 15.2. The van der Waals surface area contributed by atoms with E-state index in [1.54, 1.807) is 0 Å². The summed E-state index contributed by atoms with van der Waals surface area (Å²) in [7, 11) is 0. The molecule has 0 radical (unpaired) electrons. The van der Waals surface area contributed by atoms with Crippen LogP contribution in [0.2, 0.25) is 5.02 Å². The largest absolute Gasteiger partial charge is 0.493 e. The lowest BCUT2D eigenvalue weighted by Gasteiger charge is -2.26. The SMILES string of the molecule is Cc1ccc(Cl)cc1C(NN)c1cccc2c1OCCC2. The molecule has 0 fully saturated rings. The quantitative estimate of drug-likeness (QED) is 0.673. The Morgan fingerprint density at radius 1 is 1.24 bits per heavy atom. The van der Waals surface area contributed by atoms with Crippen molar-refractivity contribution >= 4 is 11.6 Å². The first-order chi connectivity index (χ1) is 10.2. The minimum atomic E-state index is -0.128. The van der Waals surface area contributed by atoms with Gasteiger partial charge in [-0.2, -0.15) is 0 Å². The summed E-state index contributed by atoms with van der Waals surface area (Å²) >= 11 is 6.15. The van der Waals surface area contributed by atoms with Crippen molar-refractivity contribution in [1.29, 1.82) is 0 Å². The van der Waals surface area contributed by atoms with Crippen molar-refractivity contribution in [1.82, 2.24) is 5.43 Å². The summed E-state index contributed by atoms with van der Waals surface area (Å²) in [5.41, 5.74) is 7.46. The zero-order valence-corrected chi connectivity index (χ0v) is 12.8. The van der Waals surface area contributed by atoms with Crippen molar-refractivity contribution in [3.63, 3.8) is 0 Å². The zero-order valence-electron chi connectivity index (χ0n) is 12.0. The summed E-state index contributed by atoms with van der Waals surface area (Å²) < 4.78 is 5.90. The molecule has 0 spiro atoms. The molecule has 1 unspecified atom stereocenters. The Balaban J connectivity index is 2.10. The maximum atomic E-state index is 6.15. The number of nitrogens with one attached hydrogen (secondary N) is 1. The van der Waals surface area contributed by atoms with Crippen molar-refractivity contribution in [3.05, 3.63) is 63.7 Å². The minimum absolute atomic E-state index is 0.128. The van der Waals surface area contributed by atoms with Crippen LogP contribution in [-0.4, -0.2) is 6.61 Å². The Labute approximate surface area is 130 Å². The molecule has 2 aromatic carbocycles. The molecule has 1 aliphatic rings. The van der Waals surface area contributed by atoms with Crippen LogP contribution in [-0.2, 0) is 6.42 Å². The molecule has 0 saturated carbocycles. The van der Waals surface area contributed by atoms with Gasteiger partial charge in [0, 0.05) is 10.6 Å². The van der Waals surface area contributed by atoms with E-state index in [2.05, 4.69) is 30.5 Å². The summed E-state index contributed by atoms with van der Waals surface area (Å²) in [5.74, 6) is 6.80. The van der Waals surface area contributed by atoms with Crippen LogP contribution < -0.4 is 16.0 Å². The molecule has 0 aromatic heterocycles. The number of aryl methyl sites for hydroxylation is 2. The average Bonchev–Trinajstić information content (AvgIpc) is 2.51. The van der Waals surface area contributed by atoms with Crippen LogP contribution in [0.4, 0.5) is 0 Å². The minimum Gasteiger partial charge on any atom is -0.493 e. The molecular formula is C17H19ClN2O. The highest BCUT2D eigenvalue weighted by Crippen LogP contribution is 2.36. The Morgan fingerprint density at radius 3 is 2.90 bits per heavy atom. The van der Waals surface area contributed by atoms with Crippen molar-refractivity contribution < 1.29 is 4.74 Å². The third-order valence-corrected chi connectivity index (χ3v) is 4.23. The lowest BCUT2D eigenvalue weighted by atomic mass is 9.92. The van der Waals surface area contributed by atoms with E-state index in [1.165, 1.54) is 5.56 Å². The molecule has 110 valence electrons. The lowest BCUT2D eigenvalue weighted by molar-refractivity contribution is 0.283. The lowest BCUT2D eigenvalue weighted by Crippen LogP contribution is -2.30. The summed E-state index contributed by atoms with van der Waals surface area (Å²) in [4.78, 5) is 0. The number of hydrogen-bond acceptors (Lipinski definition) is 3. The molecule has 0 saturated heterocycles. The Bertz CT molecular complexity index is 657. The van der Waals surface area contributed by atoms with Crippen LogP contribution >= 0.6 is 11.6 Å². The molecule has 4 heteroatoms. The highest BCUT2D eigenvalue weighted by Gasteiger charge is 2.22.